The summed E-state index contributed by atoms with van der Waals surface area (Å²) < 4.78 is 33.5. The second-order valence-electron chi connectivity index (χ2n) is 5.39. The van der Waals surface area contributed by atoms with E-state index in [-0.39, 0.29) is 11.5 Å². The SMILES string of the molecule is O=C(Nc1ccn([C@@H]2O[C@H](CO)[C@@H](O)C2(F)F)c(=O)n1)c1cccnn1. The van der Waals surface area contributed by atoms with Crippen molar-refractivity contribution < 1.29 is 28.5 Å². The third kappa shape index (κ3) is 3.16. The van der Waals surface area contributed by atoms with Crippen LogP contribution in [0.4, 0.5) is 14.6 Å². The Labute approximate surface area is 144 Å². The molecule has 1 saturated heterocycles. The van der Waals surface area contributed by atoms with Gasteiger partial charge in [-0.3, -0.25) is 9.36 Å². The Kier molecular flexibility index (Phi) is 4.71. The van der Waals surface area contributed by atoms with Crippen LogP contribution < -0.4 is 11.0 Å². The first kappa shape index (κ1) is 18.0. The molecule has 138 valence electrons. The van der Waals surface area contributed by atoms with Gasteiger partial charge in [-0.1, -0.05) is 0 Å². The molecule has 0 bridgehead atoms. The number of aliphatic hydroxyl groups is 2. The first-order valence-electron chi connectivity index (χ1n) is 7.35. The summed E-state index contributed by atoms with van der Waals surface area (Å²) in [6.45, 7) is -0.846. The molecule has 1 fully saturated rings. The zero-order chi connectivity index (χ0) is 18.9. The lowest BCUT2D eigenvalue weighted by Gasteiger charge is -2.21. The highest BCUT2D eigenvalue weighted by Gasteiger charge is 2.59. The third-order valence-corrected chi connectivity index (χ3v) is 3.69. The number of carbonyl (C=O) groups excluding carboxylic acids is 1. The minimum Gasteiger partial charge on any atom is -0.394 e. The molecule has 26 heavy (non-hydrogen) atoms. The van der Waals surface area contributed by atoms with E-state index < -0.39 is 42.6 Å². The Morgan fingerprint density at radius 2 is 2.19 bits per heavy atom. The molecule has 1 amide bonds. The number of hydrogen-bond acceptors (Lipinski definition) is 8. The lowest BCUT2D eigenvalue weighted by atomic mass is 10.1. The van der Waals surface area contributed by atoms with Crippen molar-refractivity contribution >= 4 is 11.7 Å². The maximum atomic E-state index is 14.1. The molecule has 3 rings (SSSR count). The topological polar surface area (TPSA) is 139 Å². The predicted octanol–water partition coefficient (Wildman–Crippen LogP) is -0.829. The molecule has 1 aliphatic heterocycles. The second kappa shape index (κ2) is 6.82. The number of alkyl halides is 2. The quantitative estimate of drug-likeness (QED) is 0.635. The normalized spacial score (nSPS) is 24.4. The summed E-state index contributed by atoms with van der Waals surface area (Å²) in [6.07, 6.45) is -3.66. The molecule has 12 heteroatoms. The Hall–Kier alpha value is -2.83. The summed E-state index contributed by atoms with van der Waals surface area (Å²) >= 11 is 0. The van der Waals surface area contributed by atoms with E-state index in [2.05, 4.69) is 20.5 Å². The Bertz CT molecular complexity index is 862. The van der Waals surface area contributed by atoms with Gasteiger partial charge in [-0.25, -0.2) is 4.79 Å². The van der Waals surface area contributed by atoms with Gasteiger partial charge in [0.2, 0.25) is 6.23 Å². The highest BCUT2D eigenvalue weighted by Crippen LogP contribution is 2.41. The average Bonchev–Trinajstić information content (AvgIpc) is 2.85. The van der Waals surface area contributed by atoms with Crippen molar-refractivity contribution in [3.8, 4) is 0 Å². The first-order valence-corrected chi connectivity index (χ1v) is 7.35. The minimum atomic E-state index is -3.82. The molecule has 0 spiro atoms. The maximum Gasteiger partial charge on any atom is 0.351 e. The molecule has 10 nitrogen and oxygen atoms in total. The van der Waals surface area contributed by atoms with Gasteiger partial charge in [-0.2, -0.15) is 18.9 Å². The van der Waals surface area contributed by atoms with E-state index >= 15 is 0 Å². The fourth-order valence-corrected chi connectivity index (χ4v) is 2.38. The molecular formula is C14H13F2N5O5. The van der Waals surface area contributed by atoms with Crippen LogP contribution in [0.2, 0.25) is 0 Å². The molecule has 0 aliphatic carbocycles. The smallest absolute Gasteiger partial charge is 0.351 e. The molecule has 2 aromatic rings. The molecular weight excluding hydrogens is 356 g/mol. The molecule has 1 aliphatic rings. The summed E-state index contributed by atoms with van der Waals surface area (Å²) in [5.74, 6) is -4.70. The Balaban J connectivity index is 1.82. The number of anilines is 1. The van der Waals surface area contributed by atoms with Gasteiger partial charge in [0.15, 0.2) is 11.8 Å². The van der Waals surface area contributed by atoms with Gasteiger partial charge in [-0.15, -0.1) is 5.10 Å². The van der Waals surface area contributed by atoms with E-state index in [0.717, 1.165) is 12.3 Å². The summed E-state index contributed by atoms with van der Waals surface area (Å²) in [7, 11) is 0. The lowest BCUT2D eigenvalue weighted by Crippen LogP contribution is -2.41. The number of nitrogens with zero attached hydrogens (tertiary/aromatic N) is 4. The molecule has 3 atom stereocenters. The van der Waals surface area contributed by atoms with Crippen molar-refractivity contribution in [2.75, 3.05) is 11.9 Å². The standard InChI is InChI=1S/C14H13F2N5O5/c15-14(16)10(23)8(6-22)26-12(14)21-5-3-9(19-13(21)25)18-11(24)7-2-1-4-17-20-7/h1-5,8,10,12,22-23H,6H2,(H,18,19,24,25)/t8-,10-,12-/m1/s1. The minimum absolute atomic E-state index is 0.0296. The fourth-order valence-electron chi connectivity index (χ4n) is 2.38. The average molecular weight is 369 g/mol. The van der Waals surface area contributed by atoms with Gasteiger partial charge in [0.05, 0.1) is 6.61 Å². The summed E-state index contributed by atoms with van der Waals surface area (Å²) in [5.41, 5.74) is -1.17. The molecule has 3 heterocycles. The third-order valence-electron chi connectivity index (χ3n) is 3.69. The zero-order valence-electron chi connectivity index (χ0n) is 13.0. The monoisotopic (exact) mass is 369 g/mol. The Morgan fingerprint density at radius 1 is 1.42 bits per heavy atom. The van der Waals surface area contributed by atoms with Crippen molar-refractivity contribution in [1.82, 2.24) is 19.7 Å². The van der Waals surface area contributed by atoms with E-state index in [4.69, 9.17) is 9.84 Å². The second-order valence-corrected chi connectivity index (χ2v) is 5.39. The maximum absolute atomic E-state index is 14.1. The number of rotatable bonds is 4. The number of ether oxygens (including phenoxy) is 1. The van der Waals surface area contributed by atoms with Crippen LogP contribution in [0, 0.1) is 0 Å². The van der Waals surface area contributed by atoms with Crippen LogP contribution in [-0.2, 0) is 4.74 Å². The first-order chi connectivity index (χ1) is 12.3. The number of amides is 1. The molecule has 0 saturated carbocycles. The van der Waals surface area contributed by atoms with E-state index in [9.17, 15) is 23.5 Å². The molecule has 0 radical (unpaired) electrons. The number of aromatic nitrogens is 4. The summed E-state index contributed by atoms with van der Waals surface area (Å²) in [5, 5.41) is 27.9. The number of hydrogen-bond donors (Lipinski definition) is 3. The molecule has 0 aromatic carbocycles. The van der Waals surface area contributed by atoms with Crippen LogP contribution in [0.5, 0.6) is 0 Å². The highest BCUT2D eigenvalue weighted by atomic mass is 19.3. The van der Waals surface area contributed by atoms with Gasteiger partial charge >= 0.3 is 11.6 Å². The summed E-state index contributed by atoms with van der Waals surface area (Å²) in [4.78, 5) is 27.5. The number of carbonyl (C=O) groups is 1. The number of halogens is 2. The zero-order valence-corrected chi connectivity index (χ0v) is 13.0. The van der Waals surface area contributed by atoms with Crippen LogP contribution in [0.15, 0.2) is 35.4 Å². The van der Waals surface area contributed by atoms with Crippen molar-refractivity contribution in [1.29, 1.82) is 0 Å². The molecule has 0 unspecified atom stereocenters. The van der Waals surface area contributed by atoms with Gasteiger partial charge in [0.25, 0.3) is 5.91 Å². The predicted molar refractivity (Wildman–Crippen MR) is 80.4 cm³/mol. The molecule has 2 aromatic heterocycles. The van der Waals surface area contributed by atoms with E-state index in [1.165, 1.54) is 18.3 Å². The van der Waals surface area contributed by atoms with Crippen molar-refractivity contribution in [2.24, 2.45) is 0 Å². The van der Waals surface area contributed by atoms with Crippen LogP contribution in [0.1, 0.15) is 16.7 Å². The van der Waals surface area contributed by atoms with Crippen molar-refractivity contribution in [3.05, 3.63) is 46.8 Å². The van der Waals surface area contributed by atoms with Gasteiger partial charge < -0.3 is 20.3 Å². The van der Waals surface area contributed by atoms with E-state index in [1.54, 1.807) is 0 Å². The van der Waals surface area contributed by atoms with Gasteiger partial charge in [0, 0.05) is 12.4 Å². The number of aliphatic hydroxyl groups excluding tert-OH is 2. The largest absolute Gasteiger partial charge is 0.394 e. The van der Waals surface area contributed by atoms with Crippen LogP contribution in [-0.4, -0.2) is 60.6 Å². The van der Waals surface area contributed by atoms with Crippen molar-refractivity contribution in [3.63, 3.8) is 0 Å². The van der Waals surface area contributed by atoms with E-state index in [1.807, 2.05) is 0 Å². The highest BCUT2D eigenvalue weighted by molar-refractivity contribution is 6.02. The molecule has 3 N–H and O–H groups in total. The number of nitrogens with one attached hydrogen (secondary N) is 1. The van der Waals surface area contributed by atoms with Gasteiger partial charge in [0.1, 0.15) is 11.9 Å². The van der Waals surface area contributed by atoms with Crippen LogP contribution >= 0.6 is 0 Å². The van der Waals surface area contributed by atoms with Crippen LogP contribution in [0.3, 0.4) is 0 Å². The lowest BCUT2D eigenvalue weighted by molar-refractivity contribution is -0.140. The van der Waals surface area contributed by atoms with Crippen LogP contribution in [0.25, 0.3) is 0 Å². The summed E-state index contributed by atoms with van der Waals surface area (Å²) in [6, 6.07) is 3.97. The van der Waals surface area contributed by atoms with Crippen molar-refractivity contribution in [2.45, 2.75) is 24.4 Å². The fraction of sp³-hybridized carbons (Fsp3) is 0.357. The van der Waals surface area contributed by atoms with Gasteiger partial charge in [-0.05, 0) is 18.2 Å². The Morgan fingerprint density at radius 3 is 2.77 bits per heavy atom. The van der Waals surface area contributed by atoms with E-state index in [0.29, 0.717) is 4.57 Å².